The van der Waals surface area contributed by atoms with Gasteiger partial charge in [0.2, 0.25) is 0 Å². The molecule has 2 aromatic rings. The predicted octanol–water partition coefficient (Wildman–Crippen LogP) is 4.01. The Labute approximate surface area is 150 Å². The summed E-state index contributed by atoms with van der Waals surface area (Å²) >= 11 is 7.51. The van der Waals surface area contributed by atoms with Crippen LogP contribution in [0.2, 0.25) is 5.02 Å². The number of piperidine rings is 1. The van der Waals surface area contributed by atoms with E-state index in [9.17, 15) is 4.79 Å². The Kier molecular flexibility index (Phi) is 4.44. The Bertz CT molecular complexity index is 785. The Balaban J connectivity index is 1.40. The fraction of sp³-hybridized carbons (Fsp3) is 0.316. The molecule has 4 rings (SSSR count). The molecule has 2 fully saturated rings. The highest BCUT2D eigenvalue weighted by molar-refractivity contribution is 7.14. The summed E-state index contributed by atoms with van der Waals surface area (Å²) in [7, 11) is 0. The summed E-state index contributed by atoms with van der Waals surface area (Å²) in [4.78, 5) is 16.7. The van der Waals surface area contributed by atoms with Gasteiger partial charge >= 0.3 is 0 Å². The third kappa shape index (κ3) is 3.41. The van der Waals surface area contributed by atoms with Crippen LogP contribution in [0.25, 0.3) is 12.2 Å². The van der Waals surface area contributed by atoms with Crippen molar-refractivity contribution in [2.45, 2.75) is 12.5 Å². The van der Waals surface area contributed by atoms with Crippen LogP contribution in [0.4, 0.5) is 0 Å². The molecule has 2 aliphatic rings. The number of fused-ring (bicyclic) bond motifs is 2. The lowest BCUT2D eigenvalue weighted by Crippen LogP contribution is -2.42. The van der Waals surface area contributed by atoms with Gasteiger partial charge in [-0.15, -0.1) is 11.3 Å². The van der Waals surface area contributed by atoms with Gasteiger partial charge in [0.15, 0.2) is 0 Å². The Morgan fingerprint density at radius 3 is 2.92 bits per heavy atom. The first-order valence-corrected chi connectivity index (χ1v) is 9.43. The molecule has 3 heterocycles. The normalized spacial score (nSPS) is 25.5. The summed E-state index contributed by atoms with van der Waals surface area (Å²) in [5.41, 5.74) is 1.05. The van der Waals surface area contributed by atoms with Gasteiger partial charge in [-0.2, -0.15) is 0 Å². The molecule has 0 spiro atoms. The maximum atomic E-state index is 12.4. The van der Waals surface area contributed by atoms with Gasteiger partial charge in [-0.3, -0.25) is 4.79 Å². The van der Waals surface area contributed by atoms with Crippen LogP contribution >= 0.6 is 22.9 Å². The zero-order valence-corrected chi connectivity index (χ0v) is 14.8. The van der Waals surface area contributed by atoms with Crippen molar-refractivity contribution in [3.8, 4) is 0 Å². The average molecular weight is 359 g/mol. The number of nitrogens with zero attached hydrogens (tertiary/aromatic N) is 1. The zero-order chi connectivity index (χ0) is 16.5. The van der Waals surface area contributed by atoms with Crippen LogP contribution in [0, 0.1) is 5.92 Å². The SMILES string of the molecule is O=C(NC1CN2CC[C@H]1C2)c1ccc(C=Cc2cccc(Cl)c2)s1. The van der Waals surface area contributed by atoms with E-state index in [2.05, 4.69) is 10.2 Å². The quantitative estimate of drug-likeness (QED) is 0.895. The van der Waals surface area contributed by atoms with Crippen LogP contribution in [-0.4, -0.2) is 36.5 Å². The van der Waals surface area contributed by atoms with Crippen molar-refractivity contribution in [3.05, 3.63) is 56.7 Å². The van der Waals surface area contributed by atoms with Crippen molar-refractivity contribution in [1.29, 1.82) is 0 Å². The highest BCUT2D eigenvalue weighted by Gasteiger charge is 2.38. The van der Waals surface area contributed by atoms with Gasteiger partial charge in [0.25, 0.3) is 5.91 Å². The van der Waals surface area contributed by atoms with E-state index in [0.29, 0.717) is 12.0 Å². The lowest BCUT2D eigenvalue weighted by molar-refractivity contribution is 0.0928. The highest BCUT2D eigenvalue weighted by atomic mass is 35.5. The number of thiophene rings is 1. The fourth-order valence-corrected chi connectivity index (χ4v) is 4.55. The molecule has 2 bridgehead atoms. The molecule has 0 aliphatic carbocycles. The molecule has 1 N–H and O–H groups in total. The third-order valence-corrected chi connectivity index (χ3v) is 6.07. The number of nitrogens with one attached hydrogen (secondary N) is 1. The minimum atomic E-state index is 0.0566. The maximum absolute atomic E-state index is 12.4. The number of carbonyl (C=O) groups excluding carboxylic acids is 1. The standard InChI is InChI=1S/C19H19ClN2OS/c20-15-3-1-2-13(10-15)4-5-16-6-7-18(24-16)19(23)21-17-12-22-9-8-14(17)11-22/h1-7,10,14,17H,8-9,11-12H2,(H,21,23)/t14-,17?/m0/s1. The minimum Gasteiger partial charge on any atom is -0.347 e. The summed E-state index contributed by atoms with van der Waals surface area (Å²) in [5.74, 6) is 0.692. The molecule has 2 aliphatic heterocycles. The van der Waals surface area contributed by atoms with Gasteiger partial charge in [0.05, 0.1) is 4.88 Å². The predicted molar refractivity (Wildman–Crippen MR) is 101 cm³/mol. The zero-order valence-electron chi connectivity index (χ0n) is 13.2. The van der Waals surface area contributed by atoms with Crippen LogP contribution in [-0.2, 0) is 0 Å². The Morgan fingerprint density at radius 1 is 1.25 bits per heavy atom. The molecule has 124 valence electrons. The lowest BCUT2D eigenvalue weighted by Gasteiger charge is -2.22. The number of amides is 1. The Morgan fingerprint density at radius 2 is 2.17 bits per heavy atom. The van der Waals surface area contributed by atoms with Crippen LogP contribution in [0.3, 0.4) is 0 Å². The van der Waals surface area contributed by atoms with E-state index in [1.165, 1.54) is 24.3 Å². The van der Waals surface area contributed by atoms with Crippen molar-refractivity contribution in [1.82, 2.24) is 10.2 Å². The topological polar surface area (TPSA) is 32.3 Å². The molecular weight excluding hydrogens is 340 g/mol. The third-order valence-electron chi connectivity index (χ3n) is 4.79. The molecule has 1 aromatic heterocycles. The van der Waals surface area contributed by atoms with Crippen molar-refractivity contribution in [2.75, 3.05) is 19.6 Å². The van der Waals surface area contributed by atoms with E-state index in [-0.39, 0.29) is 5.91 Å². The monoisotopic (exact) mass is 358 g/mol. The summed E-state index contributed by atoms with van der Waals surface area (Å²) in [6, 6.07) is 11.9. The first kappa shape index (κ1) is 15.9. The van der Waals surface area contributed by atoms with E-state index < -0.39 is 0 Å². The van der Waals surface area contributed by atoms with Gasteiger partial charge in [-0.25, -0.2) is 0 Å². The summed E-state index contributed by atoms with van der Waals surface area (Å²) < 4.78 is 0. The number of rotatable bonds is 4. The van der Waals surface area contributed by atoms with E-state index in [1.807, 2.05) is 48.6 Å². The Hall–Kier alpha value is -1.62. The number of benzene rings is 1. The van der Waals surface area contributed by atoms with Gasteiger partial charge in [0.1, 0.15) is 0 Å². The van der Waals surface area contributed by atoms with Crippen molar-refractivity contribution in [2.24, 2.45) is 5.92 Å². The number of hydrogen-bond donors (Lipinski definition) is 1. The van der Waals surface area contributed by atoms with E-state index in [4.69, 9.17) is 11.6 Å². The molecular formula is C19H19ClN2OS. The van der Waals surface area contributed by atoms with Crippen LogP contribution in [0.5, 0.6) is 0 Å². The summed E-state index contributed by atoms with van der Waals surface area (Å²) in [6.45, 7) is 3.33. The average Bonchev–Trinajstić information content (AvgIpc) is 3.29. The molecule has 2 unspecified atom stereocenters. The first-order chi connectivity index (χ1) is 11.7. The molecule has 2 saturated heterocycles. The smallest absolute Gasteiger partial charge is 0.261 e. The second-order valence-electron chi connectivity index (χ2n) is 6.48. The lowest BCUT2D eigenvalue weighted by atomic mass is 10.00. The van der Waals surface area contributed by atoms with E-state index >= 15 is 0 Å². The summed E-state index contributed by atoms with van der Waals surface area (Å²) in [5, 5.41) is 3.94. The summed E-state index contributed by atoms with van der Waals surface area (Å²) in [6.07, 6.45) is 5.25. The molecule has 5 heteroatoms. The van der Waals surface area contributed by atoms with Gasteiger partial charge in [0, 0.05) is 29.0 Å². The molecule has 1 aromatic carbocycles. The first-order valence-electron chi connectivity index (χ1n) is 8.24. The second kappa shape index (κ2) is 6.71. The molecule has 3 nitrogen and oxygen atoms in total. The number of hydrogen-bond acceptors (Lipinski definition) is 3. The molecule has 3 atom stereocenters. The number of halogens is 1. The fourth-order valence-electron chi connectivity index (χ4n) is 3.54. The molecule has 1 amide bonds. The van der Waals surface area contributed by atoms with Crippen LogP contribution < -0.4 is 5.32 Å². The minimum absolute atomic E-state index is 0.0566. The van der Waals surface area contributed by atoms with Gasteiger partial charge < -0.3 is 10.2 Å². The van der Waals surface area contributed by atoms with Gasteiger partial charge in [-0.05, 0) is 54.8 Å². The van der Waals surface area contributed by atoms with Gasteiger partial charge in [-0.1, -0.05) is 29.8 Å². The maximum Gasteiger partial charge on any atom is 0.261 e. The number of carbonyl (C=O) groups is 1. The highest BCUT2D eigenvalue weighted by Crippen LogP contribution is 2.28. The molecule has 0 saturated carbocycles. The molecule has 24 heavy (non-hydrogen) atoms. The largest absolute Gasteiger partial charge is 0.347 e. The van der Waals surface area contributed by atoms with E-state index in [1.54, 1.807) is 0 Å². The second-order valence-corrected chi connectivity index (χ2v) is 8.03. The van der Waals surface area contributed by atoms with Crippen molar-refractivity contribution < 1.29 is 4.79 Å². The van der Waals surface area contributed by atoms with Crippen LogP contribution in [0.1, 0.15) is 26.5 Å². The van der Waals surface area contributed by atoms with E-state index in [0.717, 1.165) is 33.4 Å². The van der Waals surface area contributed by atoms with Crippen LogP contribution in [0.15, 0.2) is 36.4 Å². The van der Waals surface area contributed by atoms with Crippen molar-refractivity contribution in [3.63, 3.8) is 0 Å². The van der Waals surface area contributed by atoms with Crippen molar-refractivity contribution >= 4 is 41.0 Å². The molecule has 0 radical (unpaired) electrons.